The van der Waals surface area contributed by atoms with Crippen LogP contribution in [-0.4, -0.2) is 28.8 Å². The highest BCUT2D eigenvalue weighted by molar-refractivity contribution is 6.02. The molecule has 0 aliphatic carbocycles. The van der Waals surface area contributed by atoms with E-state index in [1.54, 1.807) is 4.90 Å². The van der Waals surface area contributed by atoms with Gasteiger partial charge < -0.3 is 10.2 Å². The molecule has 1 heterocycles. The van der Waals surface area contributed by atoms with Crippen LogP contribution in [0.1, 0.15) is 54.2 Å². The molecule has 28 heavy (non-hydrogen) atoms. The van der Waals surface area contributed by atoms with Gasteiger partial charge in [0, 0.05) is 25.1 Å². The number of aryl methyl sites for hydroxylation is 1. The topological polar surface area (TPSA) is 49.4 Å². The zero-order valence-corrected chi connectivity index (χ0v) is 17.3. The number of hydrogen-bond acceptors (Lipinski definition) is 2. The largest absolute Gasteiger partial charge is 0.350 e. The predicted octanol–water partition coefficient (Wildman–Crippen LogP) is 4.11. The van der Waals surface area contributed by atoms with Crippen LogP contribution in [0.3, 0.4) is 0 Å². The van der Waals surface area contributed by atoms with Gasteiger partial charge in [-0.1, -0.05) is 56.3 Å². The van der Waals surface area contributed by atoms with E-state index in [9.17, 15) is 9.59 Å². The molecule has 1 aliphatic rings. The molecule has 0 saturated carbocycles. The van der Waals surface area contributed by atoms with Gasteiger partial charge in [-0.15, -0.1) is 0 Å². The zero-order valence-electron chi connectivity index (χ0n) is 17.3. The predicted molar refractivity (Wildman–Crippen MR) is 112 cm³/mol. The van der Waals surface area contributed by atoms with Crippen molar-refractivity contribution in [1.29, 1.82) is 0 Å². The van der Waals surface area contributed by atoms with E-state index in [1.807, 2.05) is 62.4 Å². The molecule has 0 bridgehead atoms. The van der Waals surface area contributed by atoms with Crippen LogP contribution in [0, 0.1) is 12.8 Å². The number of amides is 2. The maximum atomic E-state index is 13.3. The van der Waals surface area contributed by atoms with Gasteiger partial charge in [-0.25, -0.2) is 0 Å². The lowest BCUT2D eigenvalue weighted by atomic mass is 9.82. The standard InChI is InChI=1S/C24H30N2O2/c1-17(2)13-14-26-22(27)21-12-8-7-10-19(21)15-24(26,4)23(28)25-16-20-11-6-5-9-18(20)3/h5-12,17H,13-16H2,1-4H3,(H,25,28). The van der Waals surface area contributed by atoms with Crippen molar-refractivity contribution in [2.75, 3.05) is 6.54 Å². The maximum Gasteiger partial charge on any atom is 0.255 e. The number of nitrogens with one attached hydrogen (secondary N) is 1. The van der Waals surface area contributed by atoms with Gasteiger partial charge in [-0.2, -0.15) is 0 Å². The van der Waals surface area contributed by atoms with Crippen molar-refractivity contribution in [3.05, 3.63) is 70.8 Å². The lowest BCUT2D eigenvalue weighted by molar-refractivity contribution is -0.132. The molecular formula is C24H30N2O2. The summed E-state index contributed by atoms with van der Waals surface area (Å²) in [6.07, 6.45) is 1.40. The van der Waals surface area contributed by atoms with Crippen molar-refractivity contribution < 1.29 is 9.59 Å². The lowest BCUT2D eigenvalue weighted by Crippen LogP contribution is -2.62. The molecular weight excluding hydrogens is 348 g/mol. The Kier molecular flexibility index (Phi) is 5.87. The number of hydrogen-bond donors (Lipinski definition) is 1. The minimum Gasteiger partial charge on any atom is -0.350 e. The zero-order chi connectivity index (χ0) is 20.3. The SMILES string of the molecule is Cc1ccccc1CNC(=O)C1(C)Cc2ccccc2C(=O)N1CCC(C)C. The highest BCUT2D eigenvalue weighted by Gasteiger charge is 2.46. The summed E-state index contributed by atoms with van der Waals surface area (Å²) in [4.78, 5) is 28.3. The van der Waals surface area contributed by atoms with Crippen LogP contribution >= 0.6 is 0 Å². The third kappa shape index (κ3) is 3.96. The van der Waals surface area contributed by atoms with E-state index in [0.29, 0.717) is 25.4 Å². The van der Waals surface area contributed by atoms with Gasteiger partial charge in [-0.3, -0.25) is 9.59 Å². The quantitative estimate of drug-likeness (QED) is 0.822. The first kappa shape index (κ1) is 20.1. The Morgan fingerprint density at radius 3 is 2.54 bits per heavy atom. The van der Waals surface area contributed by atoms with Gasteiger partial charge in [0.15, 0.2) is 0 Å². The summed E-state index contributed by atoms with van der Waals surface area (Å²) in [5.41, 5.74) is 3.02. The third-order valence-electron chi connectivity index (χ3n) is 5.74. The Balaban J connectivity index is 1.86. The smallest absolute Gasteiger partial charge is 0.255 e. The second-order valence-electron chi connectivity index (χ2n) is 8.36. The summed E-state index contributed by atoms with van der Waals surface area (Å²) in [5.74, 6) is 0.322. The van der Waals surface area contributed by atoms with E-state index >= 15 is 0 Å². The molecule has 0 saturated heterocycles. The van der Waals surface area contributed by atoms with Gasteiger partial charge in [0.2, 0.25) is 5.91 Å². The lowest BCUT2D eigenvalue weighted by Gasteiger charge is -2.44. The van der Waals surface area contributed by atoms with Crippen LogP contribution in [0.25, 0.3) is 0 Å². The average molecular weight is 379 g/mol. The Labute approximate surface area is 167 Å². The summed E-state index contributed by atoms with van der Waals surface area (Å²) < 4.78 is 0. The van der Waals surface area contributed by atoms with Crippen molar-refractivity contribution in [2.45, 2.75) is 52.6 Å². The minimum atomic E-state index is -0.886. The molecule has 148 valence electrons. The fraction of sp³-hybridized carbons (Fsp3) is 0.417. The summed E-state index contributed by atoms with van der Waals surface area (Å²) in [5, 5.41) is 3.09. The number of fused-ring (bicyclic) bond motifs is 1. The number of rotatable bonds is 6. The Morgan fingerprint density at radius 1 is 1.14 bits per heavy atom. The molecule has 0 aromatic heterocycles. The monoisotopic (exact) mass is 378 g/mol. The molecule has 4 heteroatoms. The summed E-state index contributed by atoms with van der Waals surface area (Å²) in [6.45, 7) is 9.26. The number of carbonyl (C=O) groups excluding carboxylic acids is 2. The second kappa shape index (κ2) is 8.17. The first-order valence-corrected chi connectivity index (χ1v) is 10.1. The number of carbonyl (C=O) groups is 2. The fourth-order valence-electron chi connectivity index (χ4n) is 3.83. The summed E-state index contributed by atoms with van der Waals surface area (Å²) >= 11 is 0. The second-order valence-corrected chi connectivity index (χ2v) is 8.36. The maximum absolute atomic E-state index is 13.3. The highest BCUT2D eigenvalue weighted by Crippen LogP contribution is 2.32. The van der Waals surface area contributed by atoms with Crippen LogP contribution in [0.5, 0.6) is 0 Å². The van der Waals surface area contributed by atoms with Crippen molar-refractivity contribution in [3.8, 4) is 0 Å². The Hall–Kier alpha value is -2.62. The number of nitrogens with zero attached hydrogens (tertiary/aromatic N) is 1. The molecule has 2 aromatic carbocycles. The molecule has 4 nitrogen and oxygen atoms in total. The molecule has 3 rings (SSSR count). The van der Waals surface area contributed by atoms with Gasteiger partial charge in [0.25, 0.3) is 5.91 Å². The van der Waals surface area contributed by atoms with E-state index in [0.717, 1.165) is 28.7 Å². The van der Waals surface area contributed by atoms with Crippen molar-refractivity contribution in [1.82, 2.24) is 10.2 Å². The molecule has 1 unspecified atom stereocenters. The number of benzene rings is 2. The highest BCUT2D eigenvalue weighted by atomic mass is 16.2. The van der Waals surface area contributed by atoms with Crippen molar-refractivity contribution >= 4 is 11.8 Å². The van der Waals surface area contributed by atoms with Crippen molar-refractivity contribution in [2.24, 2.45) is 5.92 Å². The van der Waals surface area contributed by atoms with Crippen LogP contribution in [0.4, 0.5) is 0 Å². The van der Waals surface area contributed by atoms with Crippen molar-refractivity contribution in [3.63, 3.8) is 0 Å². The molecule has 1 atom stereocenters. The molecule has 0 spiro atoms. The molecule has 2 amide bonds. The van der Waals surface area contributed by atoms with E-state index in [2.05, 4.69) is 19.2 Å². The fourth-order valence-corrected chi connectivity index (χ4v) is 3.83. The Bertz CT molecular complexity index is 874. The molecule has 0 fully saturated rings. The van der Waals surface area contributed by atoms with Gasteiger partial charge in [-0.05, 0) is 48.9 Å². The van der Waals surface area contributed by atoms with Crippen LogP contribution in [-0.2, 0) is 17.8 Å². The van der Waals surface area contributed by atoms with Gasteiger partial charge in [0.1, 0.15) is 5.54 Å². The van der Waals surface area contributed by atoms with Gasteiger partial charge >= 0.3 is 0 Å². The normalized spacial score (nSPS) is 18.9. The van der Waals surface area contributed by atoms with E-state index in [-0.39, 0.29) is 11.8 Å². The first-order chi connectivity index (χ1) is 13.3. The van der Waals surface area contributed by atoms with Gasteiger partial charge in [0.05, 0.1) is 0 Å². The summed E-state index contributed by atoms with van der Waals surface area (Å²) in [7, 11) is 0. The molecule has 1 N–H and O–H groups in total. The first-order valence-electron chi connectivity index (χ1n) is 10.1. The molecule has 2 aromatic rings. The van der Waals surface area contributed by atoms with E-state index in [4.69, 9.17) is 0 Å². The minimum absolute atomic E-state index is 0.0453. The van der Waals surface area contributed by atoms with E-state index < -0.39 is 5.54 Å². The van der Waals surface area contributed by atoms with E-state index in [1.165, 1.54) is 0 Å². The van der Waals surface area contributed by atoms with Crippen LogP contribution < -0.4 is 5.32 Å². The molecule has 0 radical (unpaired) electrons. The summed E-state index contributed by atoms with van der Waals surface area (Å²) in [6, 6.07) is 15.7. The third-order valence-corrected chi connectivity index (χ3v) is 5.74. The molecule has 1 aliphatic heterocycles. The van der Waals surface area contributed by atoms with Crippen LogP contribution in [0.15, 0.2) is 48.5 Å². The Morgan fingerprint density at radius 2 is 1.82 bits per heavy atom. The van der Waals surface area contributed by atoms with Crippen LogP contribution in [0.2, 0.25) is 0 Å². The average Bonchev–Trinajstić information content (AvgIpc) is 2.66.